The summed E-state index contributed by atoms with van der Waals surface area (Å²) in [5.41, 5.74) is 2.78. The molecule has 2 N–H and O–H groups in total. The summed E-state index contributed by atoms with van der Waals surface area (Å²) in [4.78, 5) is 49.2. The number of hydrogen-bond donors (Lipinski definition) is 2. The Hall–Kier alpha value is -3.46. The van der Waals surface area contributed by atoms with E-state index >= 15 is 0 Å². The number of H-pyrrole nitrogens is 2. The van der Waals surface area contributed by atoms with Gasteiger partial charge < -0.3 is 19.8 Å². The van der Waals surface area contributed by atoms with Gasteiger partial charge in [0.2, 0.25) is 11.8 Å². The number of carbonyl (C=O) groups is 2. The molecule has 3 atom stereocenters. The van der Waals surface area contributed by atoms with E-state index in [4.69, 9.17) is 4.98 Å². The van der Waals surface area contributed by atoms with E-state index in [2.05, 4.69) is 32.0 Å². The van der Waals surface area contributed by atoms with Crippen molar-refractivity contribution in [1.29, 1.82) is 0 Å². The summed E-state index contributed by atoms with van der Waals surface area (Å²) >= 11 is 0. The third-order valence-electron chi connectivity index (χ3n) is 8.63. The van der Waals surface area contributed by atoms with Crippen LogP contribution < -0.4 is 0 Å². The van der Waals surface area contributed by atoms with Crippen LogP contribution in [0.2, 0.25) is 0 Å². The molecule has 39 heavy (non-hydrogen) atoms. The van der Waals surface area contributed by atoms with Gasteiger partial charge in [0.25, 0.3) is 0 Å². The number of aromatic nitrogens is 4. The number of nitrogens with zero attached hydrogens (tertiary/aromatic N) is 5. The fourth-order valence-electron chi connectivity index (χ4n) is 6.63. The molecule has 206 valence electrons. The summed E-state index contributed by atoms with van der Waals surface area (Å²) in [5.74, 6) is 1.99. The second kappa shape index (κ2) is 11.3. The third-order valence-corrected chi connectivity index (χ3v) is 8.63. The number of imidazole rings is 2. The first kappa shape index (κ1) is 25.8. The summed E-state index contributed by atoms with van der Waals surface area (Å²) in [7, 11) is 0. The average molecular weight is 530 g/mol. The summed E-state index contributed by atoms with van der Waals surface area (Å²) in [6.45, 7) is 5.35. The van der Waals surface area contributed by atoms with Gasteiger partial charge in [-0.3, -0.25) is 14.5 Å². The summed E-state index contributed by atoms with van der Waals surface area (Å²) in [6, 6.07) is 9.92. The van der Waals surface area contributed by atoms with Crippen molar-refractivity contribution < 1.29 is 9.59 Å². The Morgan fingerprint density at radius 3 is 2.03 bits per heavy atom. The molecular weight excluding hydrogens is 490 g/mol. The highest BCUT2D eigenvalue weighted by Gasteiger charge is 2.39. The molecule has 2 amide bonds. The first-order valence-electron chi connectivity index (χ1n) is 14.6. The van der Waals surface area contributed by atoms with Gasteiger partial charge in [-0.15, -0.1) is 0 Å². The zero-order valence-electron chi connectivity index (χ0n) is 22.8. The Bertz CT molecular complexity index is 1280. The van der Waals surface area contributed by atoms with Gasteiger partial charge in [-0.25, -0.2) is 9.97 Å². The maximum atomic E-state index is 14.2. The highest BCUT2D eigenvalue weighted by molar-refractivity contribution is 5.84. The first-order chi connectivity index (χ1) is 19.1. The molecule has 0 aliphatic carbocycles. The van der Waals surface area contributed by atoms with Crippen molar-refractivity contribution in [3.8, 4) is 11.4 Å². The molecule has 9 nitrogen and oxygen atoms in total. The molecule has 3 aliphatic rings. The lowest BCUT2D eigenvalue weighted by Gasteiger charge is -2.37. The number of amides is 2. The standard InChI is InChI=1S/C30H39N7O2/c1-2-26(38)36-17-9-13-24(36)28-31-19-22(33-28)23-20-32-29(34-23)25-14-10-18-37(25)30(39)27(21-11-5-3-6-12-21)35-15-7-4-8-16-35/h3,5-6,11-12,19-20,24-25,27H,2,4,7-10,13-18H2,1H3,(H,31,33)(H,32,34)/t24-,25-,27+/m0/s1. The van der Waals surface area contributed by atoms with E-state index in [9.17, 15) is 9.59 Å². The molecule has 3 fully saturated rings. The smallest absolute Gasteiger partial charge is 0.245 e. The van der Waals surface area contributed by atoms with Crippen LogP contribution in [-0.2, 0) is 9.59 Å². The molecule has 3 aliphatic heterocycles. The van der Waals surface area contributed by atoms with E-state index in [1.165, 1.54) is 6.42 Å². The van der Waals surface area contributed by atoms with Gasteiger partial charge >= 0.3 is 0 Å². The zero-order chi connectivity index (χ0) is 26.8. The molecule has 3 saturated heterocycles. The van der Waals surface area contributed by atoms with Crippen LogP contribution in [0.5, 0.6) is 0 Å². The molecule has 6 rings (SSSR count). The van der Waals surface area contributed by atoms with Gasteiger partial charge in [0.05, 0.1) is 35.9 Å². The van der Waals surface area contributed by atoms with Crippen LogP contribution in [-0.4, -0.2) is 72.6 Å². The quantitative estimate of drug-likeness (QED) is 0.459. The van der Waals surface area contributed by atoms with Gasteiger partial charge in [-0.05, 0) is 57.2 Å². The Labute approximate surface area is 230 Å². The monoisotopic (exact) mass is 529 g/mol. The molecule has 0 radical (unpaired) electrons. The van der Waals surface area contributed by atoms with Crippen molar-refractivity contribution in [2.24, 2.45) is 0 Å². The van der Waals surface area contributed by atoms with Gasteiger partial charge in [0.1, 0.15) is 17.7 Å². The van der Waals surface area contributed by atoms with Crippen molar-refractivity contribution in [3.05, 3.63) is 59.9 Å². The SMILES string of the molecule is CCC(=O)N1CCC[C@H]1c1ncc(-c2cnc([C@@H]3CCCN3C(=O)[C@@H](c3ccccc3)N3CCCCC3)[nH]2)[nH]1. The number of carbonyl (C=O) groups excluding carboxylic acids is 2. The van der Waals surface area contributed by atoms with Crippen LogP contribution in [0.4, 0.5) is 0 Å². The fourth-order valence-corrected chi connectivity index (χ4v) is 6.63. The predicted octanol–water partition coefficient (Wildman–Crippen LogP) is 4.76. The van der Waals surface area contributed by atoms with Crippen molar-refractivity contribution in [1.82, 2.24) is 34.6 Å². The molecule has 9 heteroatoms. The van der Waals surface area contributed by atoms with Gasteiger partial charge in [-0.2, -0.15) is 0 Å². The minimum absolute atomic E-state index is 0.00115. The number of nitrogens with one attached hydrogen (secondary N) is 2. The van der Waals surface area contributed by atoms with E-state index in [0.29, 0.717) is 6.42 Å². The lowest BCUT2D eigenvalue weighted by Crippen LogP contribution is -2.44. The van der Waals surface area contributed by atoms with Gasteiger partial charge in [-0.1, -0.05) is 43.7 Å². The fraction of sp³-hybridized carbons (Fsp3) is 0.533. The highest BCUT2D eigenvalue weighted by atomic mass is 16.2. The van der Waals surface area contributed by atoms with E-state index in [0.717, 1.165) is 93.3 Å². The number of hydrogen-bond acceptors (Lipinski definition) is 5. The van der Waals surface area contributed by atoms with Crippen molar-refractivity contribution in [2.75, 3.05) is 26.2 Å². The van der Waals surface area contributed by atoms with Gasteiger partial charge in [0.15, 0.2) is 0 Å². The first-order valence-corrected chi connectivity index (χ1v) is 14.6. The van der Waals surface area contributed by atoms with Crippen LogP contribution in [0, 0.1) is 0 Å². The molecule has 0 spiro atoms. The molecule has 2 aromatic heterocycles. The zero-order valence-corrected chi connectivity index (χ0v) is 22.8. The van der Waals surface area contributed by atoms with Crippen molar-refractivity contribution in [3.63, 3.8) is 0 Å². The summed E-state index contributed by atoms with van der Waals surface area (Å²) in [5, 5.41) is 0. The second-order valence-corrected chi connectivity index (χ2v) is 11.1. The topological polar surface area (TPSA) is 101 Å². The summed E-state index contributed by atoms with van der Waals surface area (Å²) < 4.78 is 0. The van der Waals surface area contributed by atoms with Crippen LogP contribution in [0.1, 0.15) is 93.6 Å². The lowest BCUT2D eigenvalue weighted by atomic mass is 10.00. The molecule has 0 unspecified atom stereocenters. The number of piperidine rings is 1. The van der Waals surface area contributed by atoms with E-state index in [-0.39, 0.29) is 29.9 Å². The molecule has 5 heterocycles. The minimum atomic E-state index is -0.253. The Kier molecular flexibility index (Phi) is 7.50. The molecule has 0 saturated carbocycles. The Morgan fingerprint density at radius 1 is 0.821 bits per heavy atom. The maximum absolute atomic E-state index is 14.2. The highest BCUT2D eigenvalue weighted by Crippen LogP contribution is 2.37. The largest absolute Gasteiger partial charge is 0.339 e. The van der Waals surface area contributed by atoms with Crippen LogP contribution in [0.25, 0.3) is 11.4 Å². The number of aromatic amines is 2. The molecule has 1 aromatic carbocycles. The number of benzene rings is 1. The molecule has 3 aromatic rings. The van der Waals surface area contributed by atoms with E-state index in [1.807, 2.05) is 47.3 Å². The maximum Gasteiger partial charge on any atom is 0.245 e. The molecule has 0 bridgehead atoms. The molecular formula is C30H39N7O2. The van der Waals surface area contributed by atoms with E-state index in [1.54, 1.807) is 0 Å². The van der Waals surface area contributed by atoms with Crippen LogP contribution in [0.3, 0.4) is 0 Å². The number of likely N-dealkylation sites (tertiary alicyclic amines) is 3. The van der Waals surface area contributed by atoms with Gasteiger partial charge in [0, 0.05) is 19.5 Å². The number of rotatable bonds is 7. The third kappa shape index (κ3) is 5.12. The van der Waals surface area contributed by atoms with E-state index < -0.39 is 0 Å². The van der Waals surface area contributed by atoms with Crippen molar-refractivity contribution in [2.45, 2.75) is 76.4 Å². The van der Waals surface area contributed by atoms with Crippen molar-refractivity contribution >= 4 is 11.8 Å². The lowest BCUT2D eigenvalue weighted by molar-refractivity contribution is -0.139. The van der Waals surface area contributed by atoms with Crippen LogP contribution in [0.15, 0.2) is 42.7 Å². The minimum Gasteiger partial charge on any atom is -0.339 e. The second-order valence-electron chi connectivity index (χ2n) is 11.1. The van der Waals surface area contributed by atoms with Crippen LogP contribution >= 0.6 is 0 Å². The average Bonchev–Trinajstić information content (AvgIpc) is 3.79. The summed E-state index contributed by atoms with van der Waals surface area (Å²) in [6.07, 6.45) is 11.4. The predicted molar refractivity (Wildman–Crippen MR) is 148 cm³/mol. The Balaban J connectivity index is 1.21. The Morgan fingerprint density at radius 2 is 1.41 bits per heavy atom. The normalized spacial score (nSPS) is 22.9.